The number of carbonyl (C=O) groups excluding carboxylic acids is 1. The number of nitrogens with one attached hydrogen (secondary N) is 1. The zero-order valence-electron chi connectivity index (χ0n) is 21.2. The molecule has 0 aliphatic carbocycles. The van der Waals surface area contributed by atoms with E-state index >= 15 is 0 Å². The summed E-state index contributed by atoms with van der Waals surface area (Å²) in [6.07, 6.45) is 3.77. The number of ether oxygens (including phenoxy) is 3. The number of amides is 1. The summed E-state index contributed by atoms with van der Waals surface area (Å²) in [5, 5.41) is 13.4. The Labute approximate surface area is 233 Å². The van der Waals surface area contributed by atoms with Gasteiger partial charge >= 0.3 is 0 Å². The van der Waals surface area contributed by atoms with Crippen molar-refractivity contribution in [3.8, 4) is 23.3 Å². The number of allylic oxidation sites excluding steroid dienone is 1. The van der Waals surface area contributed by atoms with Crippen molar-refractivity contribution in [2.45, 2.75) is 26.5 Å². The molecule has 0 heterocycles. The van der Waals surface area contributed by atoms with E-state index in [4.69, 9.17) is 37.4 Å². The lowest BCUT2D eigenvalue weighted by Gasteiger charge is -2.17. The van der Waals surface area contributed by atoms with Crippen molar-refractivity contribution in [1.29, 1.82) is 5.26 Å². The molecule has 0 saturated carbocycles. The van der Waals surface area contributed by atoms with Crippen LogP contribution in [0.2, 0.25) is 10.0 Å². The molecule has 0 fully saturated rings. The van der Waals surface area contributed by atoms with Crippen LogP contribution in [0.15, 0.2) is 72.8 Å². The number of halogens is 2. The minimum absolute atomic E-state index is 0.0324. The van der Waals surface area contributed by atoms with Gasteiger partial charge in [0.2, 0.25) is 0 Å². The van der Waals surface area contributed by atoms with Crippen LogP contribution in [0.3, 0.4) is 0 Å². The van der Waals surface area contributed by atoms with Gasteiger partial charge < -0.3 is 19.5 Å². The largest absolute Gasteiger partial charge is 0.497 e. The first-order chi connectivity index (χ1) is 18.4. The summed E-state index contributed by atoms with van der Waals surface area (Å²) >= 11 is 12.2. The number of carbonyl (C=O) groups is 1. The molecule has 0 aliphatic rings. The molecule has 0 atom stereocenters. The van der Waals surface area contributed by atoms with Crippen molar-refractivity contribution in [3.05, 3.63) is 105 Å². The first-order valence-electron chi connectivity index (χ1n) is 11.9. The van der Waals surface area contributed by atoms with Crippen molar-refractivity contribution in [2.24, 2.45) is 0 Å². The molecule has 0 bridgehead atoms. The topological polar surface area (TPSA) is 80.6 Å². The number of nitriles is 1. The van der Waals surface area contributed by atoms with Gasteiger partial charge in [-0.2, -0.15) is 5.26 Å². The fourth-order valence-corrected chi connectivity index (χ4v) is 3.94. The van der Waals surface area contributed by atoms with Crippen LogP contribution in [0.4, 0.5) is 0 Å². The average molecular weight is 551 g/mol. The molecule has 0 saturated heterocycles. The molecule has 0 spiro atoms. The normalized spacial score (nSPS) is 10.9. The highest BCUT2D eigenvalue weighted by molar-refractivity contribution is 6.42. The van der Waals surface area contributed by atoms with Gasteiger partial charge in [-0.1, -0.05) is 47.5 Å². The summed E-state index contributed by atoms with van der Waals surface area (Å²) in [7, 11) is 1.59. The smallest absolute Gasteiger partial charge is 0.262 e. The van der Waals surface area contributed by atoms with E-state index < -0.39 is 5.91 Å². The Morgan fingerprint density at radius 2 is 1.79 bits per heavy atom. The maximum Gasteiger partial charge on any atom is 0.262 e. The van der Waals surface area contributed by atoms with E-state index in [1.54, 1.807) is 31.4 Å². The number of methoxy groups -OCH3 is 1. The van der Waals surface area contributed by atoms with Gasteiger partial charge in [0, 0.05) is 12.1 Å². The van der Waals surface area contributed by atoms with Gasteiger partial charge in [0.1, 0.15) is 24.0 Å². The predicted octanol–water partition coefficient (Wildman–Crippen LogP) is 6.93. The first-order valence-corrected chi connectivity index (χ1v) is 12.6. The van der Waals surface area contributed by atoms with E-state index in [9.17, 15) is 10.1 Å². The van der Waals surface area contributed by atoms with E-state index in [0.717, 1.165) is 22.4 Å². The third kappa shape index (κ3) is 7.79. The molecule has 8 heteroatoms. The molecule has 0 radical (unpaired) electrons. The molecule has 196 valence electrons. The highest BCUT2D eigenvalue weighted by atomic mass is 35.5. The average Bonchev–Trinajstić information content (AvgIpc) is 2.92. The summed E-state index contributed by atoms with van der Waals surface area (Å²) in [6.45, 7) is 6.63. The molecule has 6 nitrogen and oxygen atoms in total. The van der Waals surface area contributed by atoms with E-state index in [-0.39, 0.29) is 18.7 Å². The molecule has 3 aromatic carbocycles. The Bertz CT molecular complexity index is 1360. The lowest BCUT2D eigenvalue weighted by atomic mass is 10.0. The number of rotatable bonds is 12. The number of hydrogen-bond donors (Lipinski definition) is 1. The highest BCUT2D eigenvalue weighted by Gasteiger charge is 2.16. The summed E-state index contributed by atoms with van der Waals surface area (Å²) in [5.41, 5.74) is 3.12. The molecule has 0 aromatic heterocycles. The Kier molecular flexibility index (Phi) is 10.7. The van der Waals surface area contributed by atoms with Gasteiger partial charge in [-0.25, -0.2) is 0 Å². The lowest BCUT2D eigenvalue weighted by molar-refractivity contribution is -0.117. The van der Waals surface area contributed by atoms with Crippen LogP contribution < -0.4 is 19.5 Å². The van der Waals surface area contributed by atoms with Gasteiger partial charge in [0.05, 0.1) is 23.8 Å². The van der Waals surface area contributed by atoms with E-state index in [2.05, 4.69) is 11.9 Å². The van der Waals surface area contributed by atoms with Crippen LogP contribution in [0.1, 0.15) is 29.2 Å². The Morgan fingerprint density at radius 3 is 2.42 bits per heavy atom. The standard InChI is InChI=1S/C30H28Cl2N2O4/c1-4-6-23-13-22(14-24(17-33)30(35)34-18-20-7-10-25(36-3)11-8-20)16-28(37-5-2)29(23)38-19-21-9-12-26(31)27(32)15-21/h4,7-16H,1,5-6,18-19H2,2-3H3,(H,34,35)/b24-14+. The fraction of sp³-hybridized carbons (Fsp3) is 0.200. The second-order valence-corrected chi connectivity index (χ2v) is 8.99. The van der Waals surface area contributed by atoms with E-state index in [1.165, 1.54) is 6.08 Å². The van der Waals surface area contributed by atoms with Crippen LogP contribution in [0, 0.1) is 11.3 Å². The molecule has 38 heavy (non-hydrogen) atoms. The third-order valence-corrected chi connectivity index (χ3v) is 6.21. The zero-order valence-corrected chi connectivity index (χ0v) is 22.7. The zero-order chi connectivity index (χ0) is 27.5. The highest BCUT2D eigenvalue weighted by Crippen LogP contribution is 2.35. The molecule has 3 rings (SSSR count). The van der Waals surface area contributed by atoms with Crippen LogP contribution in [0.5, 0.6) is 17.2 Å². The maximum atomic E-state index is 12.8. The minimum Gasteiger partial charge on any atom is -0.497 e. The molecular formula is C30H28Cl2N2O4. The SMILES string of the molecule is C=CCc1cc(/C=C(\C#N)C(=O)NCc2ccc(OC)cc2)cc(OCC)c1OCc1ccc(Cl)c(Cl)c1. The van der Waals surface area contributed by atoms with E-state index in [1.807, 2.05) is 49.4 Å². The van der Waals surface area contributed by atoms with Crippen LogP contribution in [0.25, 0.3) is 6.08 Å². The van der Waals surface area contributed by atoms with E-state index in [0.29, 0.717) is 40.1 Å². The fourth-order valence-electron chi connectivity index (χ4n) is 3.62. The summed E-state index contributed by atoms with van der Waals surface area (Å²) in [4.78, 5) is 12.8. The summed E-state index contributed by atoms with van der Waals surface area (Å²) in [5.74, 6) is 1.29. The molecule has 1 amide bonds. The van der Waals surface area contributed by atoms with Crippen molar-refractivity contribution in [1.82, 2.24) is 5.32 Å². The third-order valence-electron chi connectivity index (χ3n) is 5.47. The number of nitrogens with zero attached hydrogens (tertiary/aromatic N) is 1. The quantitative estimate of drug-likeness (QED) is 0.150. The molecule has 1 N–H and O–H groups in total. The number of benzene rings is 3. The second kappa shape index (κ2) is 14.1. The van der Waals surface area contributed by atoms with Gasteiger partial charge in [-0.3, -0.25) is 4.79 Å². The van der Waals surface area contributed by atoms with Gasteiger partial charge in [0.15, 0.2) is 11.5 Å². The molecule has 0 unspecified atom stereocenters. The van der Waals surface area contributed by atoms with Crippen molar-refractivity contribution < 1.29 is 19.0 Å². The molecule has 3 aromatic rings. The number of hydrogen-bond acceptors (Lipinski definition) is 5. The van der Waals surface area contributed by atoms with Crippen molar-refractivity contribution >= 4 is 35.2 Å². The van der Waals surface area contributed by atoms with Crippen molar-refractivity contribution in [3.63, 3.8) is 0 Å². The Hall–Kier alpha value is -3.92. The van der Waals surface area contributed by atoms with Gasteiger partial charge in [-0.15, -0.1) is 6.58 Å². The first kappa shape index (κ1) is 28.6. The Balaban J connectivity index is 1.85. The minimum atomic E-state index is -0.480. The van der Waals surface area contributed by atoms with Gasteiger partial charge in [0.25, 0.3) is 5.91 Å². The van der Waals surface area contributed by atoms with Crippen LogP contribution in [-0.4, -0.2) is 19.6 Å². The lowest BCUT2D eigenvalue weighted by Crippen LogP contribution is -2.23. The maximum absolute atomic E-state index is 12.8. The monoisotopic (exact) mass is 550 g/mol. The predicted molar refractivity (Wildman–Crippen MR) is 151 cm³/mol. The summed E-state index contributed by atoms with van der Waals surface area (Å²) < 4.78 is 17.2. The second-order valence-electron chi connectivity index (χ2n) is 8.17. The van der Waals surface area contributed by atoms with Crippen molar-refractivity contribution in [2.75, 3.05) is 13.7 Å². The van der Waals surface area contributed by atoms with Crippen LogP contribution in [-0.2, 0) is 24.4 Å². The van der Waals surface area contributed by atoms with Crippen LogP contribution >= 0.6 is 23.2 Å². The molecule has 0 aliphatic heterocycles. The van der Waals surface area contributed by atoms with Gasteiger partial charge in [-0.05, 0) is 72.5 Å². The Morgan fingerprint density at radius 1 is 1.05 bits per heavy atom. The molecular weight excluding hydrogens is 523 g/mol. The summed E-state index contributed by atoms with van der Waals surface area (Å²) in [6, 6.07) is 18.2.